The number of nitrogens with zero attached hydrogens (tertiary/aromatic N) is 2. The zero-order chi connectivity index (χ0) is 59.8. The van der Waals surface area contributed by atoms with Crippen molar-refractivity contribution in [3.63, 3.8) is 0 Å². The van der Waals surface area contributed by atoms with E-state index in [-0.39, 0.29) is 30.7 Å². The van der Waals surface area contributed by atoms with Crippen molar-refractivity contribution in [2.45, 2.75) is 53.5 Å². The van der Waals surface area contributed by atoms with Gasteiger partial charge >= 0.3 is 29.8 Å². The number of benzene rings is 5. The molecule has 0 aliphatic rings. The molecule has 436 valence electrons. The number of hydrogen-bond acceptors (Lipinski definition) is 16. The Labute approximate surface area is 470 Å². The van der Waals surface area contributed by atoms with Gasteiger partial charge in [-0.25, -0.2) is 19.2 Å². The molecule has 0 bridgehead atoms. The molecule has 0 fully saturated rings. The summed E-state index contributed by atoms with van der Waals surface area (Å²) in [6.45, 7) is 17.4. The first-order valence-electron chi connectivity index (χ1n) is 26.3. The van der Waals surface area contributed by atoms with Crippen LogP contribution < -0.4 is 37.2 Å². The van der Waals surface area contributed by atoms with Crippen molar-refractivity contribution in [2.75, 3.05) is 121 Å². The first kappa shape index (κ1) is 69.3. The highest BCUT2D eigenvalue weighted by Crippen LogP contribution is 2.13. The quantitative estimate of drug-likeness (QED) is 0.0234. The summed E-state index contributed by atoms with van der Waals surface area (Å²) in [6, 6.07) is 33.7. The number of amides is 2. The standard InChI is InChI=1S/C14H23N3O.C14H22N2O2.C13H16N2O5.C10H13NO2.C8H9NO2/c1-4-17(5-2)11-10-16-14(18)12-6-8-13(15-3)9-7-12;1-4-16(5-2)10-11-18-14(17)12-6-8-13(15-3)9-7-12;1-14-9-4-2-8(3-5-9)12(18)15-10(13(19)20)6-7-11(16)17;1-3-13-10(12)8-4-6-9(11-2)7-5-8;1-9-7-4-2-6(3-5-7)8(10)11/h6-9,15H,4-5,10-11H2,1-3H3,(H,16,18);6-9,15H,4-5,10-11H2,1-3H3;2-5,10,14H,6-7H2,1H3,(H,15,18)(H,16,17)(H,19,20);4-7,11H,3H2,1-2H3;2-5,9H,1H3,(H,10,11)/t;;10-;;/m..0../s1. The molecule has 0 unspecified atom stereocenters. The van der Waals surface area contributed by atoms with E-state index >= 15 is 0 Å². The highest BCUT2D eigenvalue weighted by atomic mass is 16.5. The summed E-state index contributed by atoms with van der Waals surface area (Å²) in [5, 5.41) is 46.1. The van der Waals surface area contributed by atoms with Crippen LogP contribution in [0.25, 0.3) is 0 Å². The first-order valence-corrected chi connectivity index (χ1v) is 26.3. The Balaban J connectivity index is 0.000000507. The molecule has 0 saturated carbocycles. The van der Waals surface area contributed by atoms with Gasteiger partial charge in [0.25, 0.3) is 11.8 Å². The number of hydrogen-bond donors (Lipinski definition) is 10. The van der Waals surface area contributed by atoms with E-state index in [4.69, 9.17) is 24.8 Å². The Morgan fingerprint density at radius 1 is 0.450 bits per heavy atom. The molecule has 2 amide bonds. The summed E-state index contributed by atoms with van der Waals surface area (Å²) in [4.78, 5) is 82.9. The van der Waals surface area contributed by atoms with Crippen LogP contribution in [-0.4, -0.2) is 167 Å². The van der Waals surface area contributed by atoms with Crippen LogP contribution in [0.2, 0.25) is 0 Å². The zero-order valence-electron chi connectivity index (χ0n) is 47.8. The molecule has 0 aliphatic heterocycles. The number of anilines is 5. The normalized spacial score (nSPS) is 10.3. The summed E-state index contributed by atoms with van der Waals surface area (Å²) in [7, 11) is 9.06. The molecule has 5 aromatic carbocycles. The van der Waals surface area contributed by atoms with Crippen LogP contribution >= 0.6 is 0 Å². The maximum Gasteiger partial charge on any atom is 0.338 e. The van der Waals surface area contributed by atoms with E-state index in [0.29, 0.717) is 47.6 Å². The lowest BCUT2D eigenvalue weighted by Gasteiger charge is -2.17. The van der Waals surface area contributed by atoms with Crippen molar-refractivity contribution in [3.8, 4) is 0 Å². The summed E-state index contributed by atoms with van der Waals surface area (Å²) in [6.07, 6.45) is -0.485. The molecule has 5 rings (SSSR count). The van der Waals surface area contributed by atoms with E-state index in [1.165, 1.54) is 0 Å². The van der Waals surface area contributed by atoms with E-state index in [0.717, 1.165) is 67.7 Å². The zero-order valence-corrected chi connectivity index (χ0v) is 47.8. The molecule has 5 aromatic rings. The molecule has 21 heteroatoms. The van der Waals surface area contributed by atoms with Crippen LogP contribution in [0.3, 0.4) is 0 Å². The average Bonchev–Trinajstić information content (AvgIpc) is 3.48. The number of carboxylic acid groups (broad SMARTS) is 3. The van der Waals surface area contributed by atoms with Crippen LogP contribution in [0.1, 0.15) is 99.3 Å². The minimum atomic E-state index is -1.26. The van der Waals surface area contributed by atoms with Gasteiger partial charge in [0.15, 0.2) is 0 Å². The summed E-state index contributed by atoms with van der Waals surface area (Å²) in [5.74, 6) is -4.35. The third-order valence-electron chi connectivity index (χ3n) is 11.8. The third kappa shape index (κ3) is 28.1. The predicted octanol–water partition coefficient (Wildman–Crippen LogP) is 8.13. The van der Waals surface area contributed by atoms with Crippen molar-refractivity contribution in [1.29, 1.82) is 0 Å². The van der Waals surface area contributed by atoms with Gasteiger partial charge in [0.2, 0.25) is 0 Å². The van der Waals surface area contributed by atoms with Crippen molar-refractivity contribution in [2.24, 2.45) is 0 Å². The fraction of sp³-hybridized carbons (Fsp3) is 0.373. The molecular formula is C59H83N9O12. The van der Waals surface area contributed by atoms with Gasteiger partial charge in [-0.15, -0.1) is 0 Å². The van der Waals surface area contributed by atoms with E-state index in [2.05, 4.69) is 74.7 Å². The number of rotatable bonds is 26. The lowest BCUT2D eigenvalue weighted by Crippen LogP contribution is -2.41. The number of likely N-dealkylation sites (N-methyl/N-ethyl adjacent to an activating group) is 2. The van der Waals surface area contributed by atoms with Gasteiger partial charge in [-0.05, 0) is 161 Å². The van der Waals surface area contributed by atoms with Gasteiger partial charge in [-0.1, -0.05) is 27.7 Å². The second-order valence-corrected chi connectivity index (χ2v) is 16.9. The summed E-state index contributed by atoms with van der Waals surface area (Å²) < 4.78 is 10.1. The number of aromatic carboxylic acids is 1. The van der Waals surface area contributed by atoms with E-state index in [9.17, 15) is 33.6 Å². The lowest BCUT2D eigenvalue weighted by molar-refractivity contribution is -0.140. The maximum atomic E-state index is 11.9. The number of esters is 2. The number of nitrogens with one attached hydrogen (secondary N) is 7. The van der Waals surface area contributed by atoms with Crippen molar-refractivity contribution in [3.05, 3.63) is 149 Å². The monoisotopic (exact) mass is 1110 g/mol. The number of aliphatic carboxylic acids is 2. The number of carbonyl (C=O) groups is 7. The molecule has 0 radical (unpaired) electrons. The molecular weight excluding hydrogens is 1030 g/mol. The second kappa shape index (κ2) is 40.5. The number of carboxylic acids is 3. The SMILES string of the molecule is CCN(CC)CCNC(=O)c1ccc(NC)cc1.CCN(CC)CCOC(=O)c1ccc(NC)cc1.CCOC(=O)c1ccc(NC)cc1.CNc1ccc(C(=O)N[C@@H](CCC(=O)O)C(=O)O)cc1.CNc1ccc(C(=O)O)cc1. The van der Waals surface area contributed by atoms with Gasteiger partial charge < -0.3 is 71.8 Å². The Hall–Kier alpha value is -8.69. The average molecular weight is 1110 g/mol. The Kier molecular flexibility index (Phi) is 35.1. The van der Waals surface area contributed by atoms with Gasteiger partial charge in [-0.3, -0.25) is 14.4 Å². The van der Waals surface area contributed by atoms with Gasteiger partial charge in [0, 0.05) is 101 Å². The highest BCUT2D eigenvalue weighted by molar-refractivity contribution is 5.97. The molecule has 0 spiro atoms. The minimum Gasteiger partial charge on any atom is -0.481 e. The molecule has 1 atom stereocenters. The maximum absolute atomic E-state index is 11.9. The van der Waals surface area contributed by atoms with Crippen LogP contribution in [0, 0.1) is 0 Å². The Morgan fingerprint density at radius 3 is 1.11 bits per heavy atom. The molecule has 0 saturated heterocycles. The van der Waals surface area contributed by atoms with Crippen LogP contribution in [-0.2, 0) is 19.1 Å². The van der Waals surface area contributed by atoms with Gasteiger partial charge in [0.1, 0.15) is 12.6 Å². The molecule has 10 N–H and O–H groups in total. The minimum absolute atomic E-state index is 0.00944. The Morgan fingerprint density at radius 2 is 0.787 bits per heavy atom. The van der Waals surface area contributed by atoms with E-state index in [1.807, 2.05) is 69.7 Å². The fourth-order valence-electron chi connectivity index (χ4n) is 6.74. The Bertz CT molecular complexity index is 2500. The topological polar surface area (TPSA) is 289 Å². The fourth-order valence-corrected chi connectivity index (χ4v) is 6.74. The van der Waals surface area contributed by atoms with Crippen molar-refractivity contribution < 1.29 is 58.4 Å². The van der Waals surface area contributed by atoms with Crippen LogP contribution in [0.5, 0.6) is 0 Å². The molecule has 21 nitrogen and oxygen atoms in total. The third-order valence-corrected chi connectivity index (χ3v) is 11.8. The first-order chi connectivity index (χ1) is 38.4. The van der Waals surface area contributed by atoms with E-state index in [1.54, 1.807) is 93.8 Å². The summed E-state index contributed by atoms with van der Waals surface area (Å²) in [5.41, 5.74) is 7.20. The molecule has 80 heavy (non-hydrogen) atoms. The van der Waals surface area contributed by atoms with Crippen molar-refractivity contribution >= 4 is 70.1 Å². The highest BCUT2D eigenvalue weighted by Gasteiger charge is 2.21. The number of ether oxygens (including phenoxy) is 2. The largest absolute Gasteiger partial charge is 0.481 e. The second-order valence-electron chi connectivity index (χ2n) is 16.9. The molecule has 0 aromatic heterocycles. The predicted molar refractivity (Wildman–Crippen MR) is 317 cm³/mol. The van der Waals surface area contributed by atoms with Crippen molar-refractivity contribution in [1.82, 2.24) is 20.4 Å². The van der Waals surface area contributed by atoms with Crippen LogP contribution in [0.15, 0.2) is 121 Å². The number of carbonyl (C=O) groups excluding carboxylic acids is 4. The smallest absolute Gasteiger partial charge is 0.338 e. The van der Waals surface area contributed by atoms with Gasteiger partial charge in [0.05, 0.1) is 23.3 Å². The lowest BCUT2D eigenvalue weighted by atomic mass is 10.1. The van der Waals surface area contributed by atoms with Gasteiger partial charge in [-0.2, -0.15) is 0 Å². The summed E-state index contributed by atoms with van der Waals surface area (Å²) >= 11 is 0. The molecule has 0 aliphatic carbocycles. The van der Waals surface area contributed by atoms with Crippen LogP contribution in [0.4, 0.5) is 28.4 Å². The molecule has 0 heterocycles. The van der Waals surface area contributed by atoms with E-state index < -0.39 is 29.9 Å².